The third-order valence-electron chi connectivity index (χ3n) is 5.25. The number of nitrogens with one attached hydrogen (secondary N) is 1. The molecule has 1 aliphatic heterocycles. The van der Waals surface area contributed by atoms with Crippen LogP contribution in [0.1, 0.15) is 37.3 Å². The van der Waals surface area contributed by atoms with Gasteiger partial charge in [-0.2, -0.15) is 0 Å². The van der Waals surface area contributed by atoms with Gasteiger partial charge in [-0.05, 0) is 48.6 Å². The summed E-state index contributed by atoms with van der Waals surface area (Å²) < 4.78 is 5.59. The quantitative estimate of drug-likeness (QED) is 0.542. The van der Waals surface area contributed by atoms with Gasteiger partial charge in [-0.25, -0.2) is 0 Å². The average Bonchev–Trinajstić information content (AvgIpc) is 3.34. The molecule has 0 radical (unpaired) electrons. The normalized spacial score (nSPS) is 16.0. The van der Waals surface area contributed by atoms with Crippen LogP contribution in [0.5, 0.6) is 0 Å². The van der Waals surface area contributed by atoms with Crippen molar-refractivity contribution >= 4 is 45.2 Å². The van der Waals surface area contributed by atoms with Crippen LogP contribution < -0.4 is 5.32 Å². The van der Waals surface area contributed by atoms with E-state index in [0.29, 0.717) is 18.1 Å². The van der Waals surface area contributed by atoms with Crippen molar-refractivity contribution in [2.45, 2.75) is 19.9 Å². The number of benzene rings is 1. The van der Waals surface area contributed by atoms with E-state index in [0.717, 1.165) is 34.2 Å². The number of hydrogen-bond acceptors (Lipinski definition) is 5. The lowest BCUT2D eigenvalue weighted by molar-refractivity contribution is 0.0240. The van der Waals surface area contributed by atoms with Crippen LogP contribution in [-0.2, 0) is 4.74 Å². The van der Waals surface area contributed by atoms with Crippen LogP contribution in [0.4, 0.5) is 5.00 Å². The molecule has 1 aromatic carbocycles. The minimum Gasteiger partial charge on any atom is -0.379 e. The maximum Gasteiger partial charge on any atom is 0.266 e. The van der Waals surface area contributed by atoms with Crippen LogP contribution in [0.15, 0.2) is 41.8 Å². The summed E-state index contributed by atoms with van der Waals surface area (Å²) in [6.45, 7) is 7.33. The van der Waals surface area contributed by atoms with Gasteiger partial charge >= 0.3 is 0 Å². The standard InChI is InChI=1S/C22H23ClN2O2S2/c1-14-15(2)29-22(24-21(26)18-7-4-12-28-18)19(14)20(25-8-10-27-11-9-25)16-5-3-6-17(23)13-16/h3-7,12-13,20H,8-11H2,1-2H3,(H,24,26). The van der Waals surface area contributed by atoms with Gasteiger partial charge in [0.2, 0.25) is 0 Å². The number of ether oxygens (including phenoxy) is 1. The molecule has 3 aromatic rings. The number of carbonyl (C=O) groups is 1. The minimum atomic E-state index is -0.0608. The Kier molecular flexibility index (Phi) is 6.37. The van der Waals surface area contributed by atoms with Gasteiger partial charge in [0.1, 0.15) is 5.00 Å². The van der Waals surface area contributed by atoms with E-state index in [2.05, 4.69) is 30.1 Å². The summed E-state index contributed by atoms with van der Waals surface area (Å²) in [5.74, 6) is -0.0608. The highest BCUT2D eigenvalue weighted by atomic mass is 35.5. The first-order chi connectivity index (χ1) is 14.0. The Bertz CT molecular complexity index is 994. The molecule has 0 spiro atoms. The first-order valence-electron chi connectivity index (χ1n) is 9.56. The topological polar surface area (TPSA) is 41.6 Å². The summed E-state index contributed by atoms with van der Waals surface area (Å²) in [6, 6.07) is 11.8. The molecule has 4 rings (SSSR count). The summed E-state index contributed by atoms with van der Waals surface area (Å²) in [4.78, 5) is 17.1. The molecule has 1 atom stereocenters. The summed E-state index contributed by atoms with van der Waals surface area (Å²) >= 11 is 9.43. The molecule has 7 heteroatoms. The molecule has 152 valence electrons. The SMILES string of the molecule is Cc1sc(NC(=O)c2cccs2)c(C(c2cccc(Cl)c2)N2CCOCC2)c1C. The molecule has 4 nitrogen and oxygen atoms in total. The second kappa shape index (κ2) is 8.98. The molecular formula is C22H23ClN2O2S2. The fourth-order valence-corrected chi connectivity index (χ4v) is 5.62. The number of rotatable bonds is 5. The molecule has 1 fully saturated rings. The van der Waals surface area contributed by atoms with Gasteiger partial charge in [0, 0.05) is 28.6 Å². The van der Waals surface area contributed by atoms with Crippen LogP contribution in [0.2, 0.25) is 5.02 Å². The van der Waals surface area contributed by atoms with Crippen molar-refractivity contribution in [3.63, 3.8) is 0 Å². The predicted octanol–water partition coefficient (Wildman–Crippen LogP) is 5.75. The molecule has 1 amide bonds. The molecule has 1 unspecified atom stereocenters. The second-order valence-electron chi connectivity index (χ2n) is 7.06. The lowest BCUT2D eigenvalue weighted by Crippen LogP contribution is -2.39. The van der Waals surface area contributed by atoms with Crippen molar-refractivity contribution in [1.82, 2.24) is 4.90 Å². The summed E-state index contributed by atoms with van der Waals surface area (Å²) in [6.07, 6.45) is 0. The van der Waals surface area contributed by atoms with Crippen molar-refractivity contribution in [2.75, 3.05) is 31.6 Å². The molecule has 3 heterocycles. The van der Waals surface area contributed by atoms with E-state index in [9.17, 15) is 4.79 Å². The highest BCUT2D eigenvalue weighted by molar-refractivity contribution is 7.17. The number of anilines is 1. The number of morpholine rings is 1. The monoisotopic (exact) mass is 446 g/mol. The fraction of sp³-hybridized carbons (Fsp3) is 0.318. The van der Waals surface area contributed by atoms with Crippen molar-refractivity contribution < 1.29 is 9.53 Å². The number of nitrogens with zero attached hydrogens (tertiary/aromatic N) is 1. The van der Waals surface area contributed by atoms with E-state index in [1.807, 2.05) is 35.7 Å². The zero-order valence-corrected chi connectivity index (χ0v) is 18.8. The number of carbonyl (C=O) groups excluding carboxylic acids is 1. The number of amides is 1. The van der Waals surface area contributed by atoms with Gasteiger partial charge in [0.25, 0.3) is 5.91 Å². The lowest BCUT2D eigenvalue weighted by Gasteiger charge is -2.35. The smallest absolute Gasteiger partial charge is 0.266 e. The molecule has 1 aliphatic rings. The van der Waals surface area contributed by atoms with Gasteiger partial charge in [-0.3, -0.25) is 9.69 Å². The predicted molar refractivity (Wildman–Crippen MR) is 122 cm³/mol. The maximum absolute atomic E-state index is 12.8. The van der Waals surface area contributed by atoms with Crippen LogP contribution >= 0.6 is 34.3 Å². The van der Waals surface area contributed by atoms with E-state index in [1.54, 1.807) is 11.3 Å². The molecule has 29 heavy (non-hydrogen) atoms. The zero-order chi connectivity index (χ0) is 20.4. The number of thiophene rings is 2. The second-order valence-corrected chi connectivity index (χ2v) is 9.67. The van der Waals surface area contributed by atoms with Gasteiger partial charge in [-0.15, -0.1) is 22.7 Å². The Morgan fingerprint density at radius 2 is 2.00 bits per heavy atom. The zero-order valence-electron chi connectivity index (χ0n) is 16.4. The van der Waals surface area contributed by atoms with Crippen LogP contribution in [0.3, 0.4) is 0 Å². The maximum atomic E-state index is 12.8. The van der Waals surface area contributed by atoms with Crippen LogP contribution in [0.25, 0.3) is 0 Å². The summed E-state index contributed by atoms with van der Waals surface area (Å²) in [5, 5.41) is 6.73. The van der Waals surface area contributed by atoms with Crippen molar-refractivity contribution in [3.05, 3.63) is 73.2 Å². The van der Waals surface area contributed by atoms with Crippen molar-refractivity contribution in [2.24, 2.45) is 0 Å². The molecule has 1 saturated heterocycles. The molecular weight excluding hydrogens is 424 g/mol. The third-order valence-corrected chi connectivity index (χ3v) is 7.49. The molecule has 0 aliphatic carbocycles. The Labute approximate surface area is 184 Å². The first-order valence-corrected chi connectivity index (χ1v) is 11.6. The molecule has 1 N–H and O–H groups in total. The van der Waals surface area contributed by atoms with E-state index in [4.69, 9.17) is 16.3 Å². The Morgan fingerprint density at radius 3 is 2.69 bits per heavy atom. The van der Waals surface area contributed by atoms with Crippen LogP contribution in [0, 0.1) is 13.8 Å². The highest BCUT2D eigenvalue weighted by Gasteiger charge is 2.30. The van der Waals surface area contributed by atoms with Crippen molar-refractivity contribution in [1.29, 1.82) is 0 Å². The van der Waals surface area contributed by atoms with Gasteiger partial charge in [-0.1, -0.05) is 29.8 Å². The number of halogens is 1. The minimum absolute atomic E-state index is 0.0150. The Balaban J connectivity index is 1.78. The molecule has 0 saturated carbocycles. The van der Waals surface area contributed by atoms with E-state index >= 15 is 0 Å². The Hall–Kier alpha value is -1.70. The van der Waals surface area contributed by atoms with E-state index < -0.39 is 0 Å². The number of hydrogen-bond donors (Lipinski definition) is 1. The summed E-state index contributed by atoms with van der Waals surface area (Å²) in [5.41, 5.74) is 3.50. The lowest BCUT2D eigenvalue weighted by atomic mass is 9.94. The fourth-order valence-electron chi connectivity index (χ4n) is 3.71. The van der Waals surface area contributed by atoms with Gasteiger partial charge < -0.3 is 10.1 Å². The van der Waals surface area contributed by atoms with Gasteiger partial charge in [0.05, 0.1) is 24.1 Å². The van der Waals surface area contributed by atoms with E-state index in [-0.39, 0.29) is 11.9 Å². The first kappa shape index (κ1) is 20.6. The Morgan fingerprint density at radius 1 is 1.21 bits per heavy atom. The molecule has 0 bridgehead atoms. The number of aryl methyl sites for hydroxylation is 1. The summed E-state index contributed by atoms with van der Waals surface area (Å²) in [7, 11) is 0. The van der Waals surface area contributed by atoms with Crippen molar-refractivity contribution in [3.8, 4) is 0 Å². The molecule has 2 aromatic heterocycles. The third kappa shape index (κ3) is 4.42. The largest absolute Gasteiger partial charge is 0.379 e. The average molecular weight is 447 g/mol. The van der Waals surface area contributed by atoms with Gasteiger partial charge in [0.15, 0.2) is 0 Å². The van der Waals surface area contributed by atoms with E-state index in [1.165, 1.54) is 21.8 Å². The highest BCUT2D eigenvalue weighted by Crippen LogP contribution is 2.43. The van der Waals surface area contributed by atoms with Crippen LogP contribution in [-0.4, -0.2) is 37.1 Å².